The number of aryl methyl sites for hydroxylation is 2. The number of aromatic nitrogens is 3. The maximum atomic E-state index is 11.8. The number of nitrogens with zero attached hydrogens (tertiary/aromatic N) is 6. The summed E-state index contributed by atoms with van der Waals surface area (Å²) in [5.74, 6) is -7.40. The molecule has 2 aromatic rings. The molecule has 2 aliphatic heterocycles. The van der Waals surface area contributed by atoms with Gasteiger partial charge in [-0.1, -0.05) is 0 Å². The normalized spacial score (nSPS) is 13.8. The van der Waals surface area contributed by atoms with E-state index in [2.05, 4.69) is 25.0 Å². The Kier molecular flexibility index (Phi) is 44.4. The zero-order chi connectivity index (χ0) is 85.0. The molecule has 0 spiro atoms. The number of pyridine rings is 1. The van der Waals surface area contributed by atoms with E-state index in [0.717, 1.165) is 18.3 Å². The molecule has 45 nitrogen and oxygen atoms in total. The second-order valence-electron chi connectivity index (χ2n) is 23.9. The zero-order valence-electron chi connectivity index (χ0n) is 62.8. The van der Waals surface area contributed by atoms with E-state index in [1.165, 1.54) is 108 Å². The Morgan fingerprint density at radius 3 is 1.30 bits per heavy atom. The number of sulfonamides is 8. The van der Waals surface area contributed by atoms with E-state index in [9.17, 15) is 120 Å². The number of carbonyl (C=O) groups is 11. The van der Waals surface area contributed by atoms with Crippen LogP contribution in [0.1, 0.15) is 153 Å². The molecule has 4 heterocycles. The summed E-state index contributed by atoms with van der Waals surface area (Å²) in [4.78, 5) is 137. The molecule has 3 radical (unpaired) electrons. The third-order valence-electron chi connectivity index (χ3n) is 13.4. The summed E-state index contributed by atoms with van der Waals surface area (Å²) in [6, 6.07) is -2.73. The lowest BCUT2D eigenvalue weighted by Crippen LogP contribution is -2.59. The fourth-order valence-corrected chi connectivity index (χ4v) is 11.2. The second kappa shape index (κ2) is 45.1. The van der Waals surface area contributed by atoms with Crippen molar-refractivity contribution >= 4 is 154 Å². The minimum atomic E-state index is -3.87. The molecular formula is C54H98BN16O29S8. The maximum absolute atomic E-state index is 11.8. The van der Waals surface area contributed by atoms with Crippen LogP contribution in [-0.2, 0) is 104 Å². The molecule has 4 rings (SSSR count). The second-order valence-corrected chi connectivity index (χ2v) is 41.7. The molecule has 108 heavy (non-hydrogen) atoms. The SMILES string of the molecule is CC(C)S(=O)(=O)NC(=O)N1CCN(S(C)(=O)=O)C1=O.CC(C)S(=O)(=O)NC(=O)c1nc[nH]c1C(=O)O.CC(C)S(=O)(=O)NCC(=O)O.CCN1CCN(C(=O)NS(=O)(=O)C(C)C)C(=O)C1=O.CNC(=O)CC(N)C(=O)NS(=O)(=O)C(C)C.CNS(=O)(=O)C(C)C.Cc1cc(C)c(C(=O)NS(=O)(=O)C(C)C)cn1.[B]. The van der Waals surface area contributed by atoms with E-state index in [-0.39, 0.29) is 51.8 Å². The third kappa shape index (κ3) is 36.4. The number of aromatic carboxylic acids is 1. The van der Waals surface area contributed by atoms with E-state index in [4.69, 9.17) is 15.9 Å². The van der Waals surface area contributed by atoms with Crippen molar-refractivity contribution in [2.75, 3.05) is 59.6 Å². The summed E-state index contributed by atoms with van der Waals surface area (Å²) in [6.07, 6.45) is 2.96. The van der Waals surface area contributed by atoms with Crippen molar-refractivity contribution in [3.8, 4) is 0 Å². The van der Waals surface area contributed by atoms with Gasteiger partial charge in [0.2, 0.25) is 86.1 Å². The number of piperazine rings is 1. The molecule has 2 aliphatic rings. The van der Waals surface area contributed by atoms with Gasteiger partial charge in [0.25, 0.3) is 17.7 Å². The van der Waals surface area contributed by atoms with Gasteiger partial charge >= 0.3 is 41.8 Å². The van der Waals surface area contributed by atoms with Gasteiger partial charge < -0.3 is 31.1 Å². The number of amides is 12. The van der Waals surface area contributed by atoms with Gasteiger partial charge in [-0.15, -0.1) is 0 Å². The van der Waals surface area contributed by atoms with Crippen LogP contribution < -0.4 is 44.1 Å². The zero-order valence-corrected chi connectivity index (χ0v) is 69.4. The number of nitrogens with two attached hydrogens (primary N) is 1. The lowest BCUT2D eigenvalue weighted by Gasteiger charge is -2.31. The molecule has 2 saturated heterocycles. The lowest BCUT2D eigenvalue weighted by atomic mass is 10.1. The first-order chi connectivity index (χ1) is 48.2. The molecule has 1 atom stereocenters. The molecule has 0 aliphatic carbocycles. The minimum absolute atomic E-state index is 0. The van der Waals surface area contributed by atoms with E-state index >= 15 is 0 Å². The number of carboxylic acids is 2. The van der Waals surface area contributed by atoms with Crippen molar-refractivity contribution in [2.45, 2.75) is 167 Å². The molecule has 54 heteroatoms. The molecule has 13 N–H and O–H groups in total. The fourth-order valence-electron chi connectivity index (χ4n) is 6.23. The smallest absolute Gasteiger partial charge is 0.354 e. The van der Waals surface area contributed by atoms with E-state index in [1.54, 1.807) is 54.9 Å². The van der Waals surface area contributed by atoms with Crippen molar-refractivity contribution in [3.63, 3.8) is 0 Å². The van der Waals surface area contributed by atoms with Crippen LogP contribution in [0.25, 0.3) is 0 Å². The summed E-state index contributed by atoms with van der Waals surface area (Å²) in [5.41, 5.74) is 6.20. The van der Waals surface area contributed by atoms with Crippen molar-refractivity contribution in [1.82, 2.24) is 72.3 Å². The fraction of sp³-hybridized carbons (Fsp3) is 0.648. The molecule has 1 unspecified atom stereocenters. The molecule has 12 amide bonds. The Morgan fingerprint density at radius 2 is 0.944 bits per heavy atom. The number of hydrogen-bond acceptors (Lipinski definition) is 30. The van der Waals surface area contributed by atoms with Gasteiger partial charge in [-0.25, -0.2) is 129 Å². The first-order valence-electron chi connectivity index (χ1n) is 31.2. The van der Waals surface area contributed by atoms with Gasteiger partial charge in [0, 0.05) is 47.0 Å². The highest BCUT2D eigenvalue weighted by atomic mass is 32.2. The number of H-pyrrole nitrogens is 1. The van der Waals surface area contributed by atoms with E-state index < -0.39 is 201 Å². The van der Waals surface area contributed by atoms with Gasteiger partial charge in [0.1, 0.15) is 6.54 Å². The van der Waals surface area contributed by atoms with Gasteiger partial charge in [0.15, 0.2) is 11.4 Å². The number of aromatic amines is 1. The first kappa shape index (κ1) is 106. The van der Waals surface area contributed by atoms with Crippen LogP contribution in [0.4, 0.5) is 14.4 Å². The van der Waals surface area contributed by atoms with Crippen molar-refractivity contribution in [3.05, 3.63) is 46.8 Å². The molecule has 0 saturated carbocycles. The Balaban J connectivity index is -0.000000591. The van der Waals surface area contributed by atoms with Gasteiger partial charge in [-0.3, -0.25) is 48.2 Å². The van der Waals surface area contributed by atoms with Crippen LogP contribution in [-0.4, -0.2) is 288 Å². The Morgan fingerprint density at radius 1 is 0.546 bits per heavy atom. The largest absolute Gasteiger partial charge is 0.480 e. The van der Waals surface area contributed by atoms with E-state index in [0.29, 0.717) is 26.2 Å². The van der Waals surface area contributed by atoms with Crippen molar-refractivity contribution in [2.24, 2.45) is 5.73 Å². The van der Waals surface area contributed by atoms with Gasteiger partial charge in [-0.2, -0.15) is 0 Å². The van der Waals surface area contributed by atoms with Gasteiger partial charge in [-0.05, 0) is 136 Å². The predicted octanol–water partition coefficient (Wildman–Crippen LogP) is -3.74. The maximum Gasteiger partial charge on any atom is 0.354 e. The quantitative estimate of drug-likeness (QED) is 0.0355. The molecule has 619 valence electrons. The number of likely N-dealkylation sites (N-methyl/N-ethyl adjacent to an activating group) is 1. The number of rotatable bonds is 24. The number of imidazole rings is 1. The van der Waals surface area contributed by atoms with Gasteiger partial charge in [0.05, 0.1) is 80.4 Å². The van der Waals surface area contributed by atoms with Crippen LogP contribution in [0, 0.1) is 13.8 Å². The average molecular weight is 1700 g/mol. The first-order valence-corrected chi connectivity index (χ1v) is 43.9. The Labute approximate surface area is 631 Å². The van der Waals surface area contributed by atoms with Crippen LogP contribution in [0.2, 0.25) is 0 Å². The average Bonchev–Trinajstić information content (AvgIpc) is 1.65. The van der Waals surface area contributed by atoms with Crippen LogP contribution in [0.15, 0.2) is 18.6 Å². The molecule has 0 aromatic carbocycles. The Hall–Kier alpha value is -8.13. The summed E-state index contributed by atoms with van der Waals surface area (Å²) < 4.78 is 194. The van der Waals surface area contributed by atoms with Crippen LogP contribution in [0.5, 0.6) is 0 Å². The monoisotopic (exact) mass is 1700 g/mol. The topological polar surface area (TPSA) is 678 Å². The molecule has 0 bridgehead atoms. The number of carbonyl (C=O) groups excluding carboxylic acids is 9. The number of imide groups is 2. The highest BCUT2D eigenvalue weighted by Crippen LogP contribution is 2.15. The Bertz CT molecular complexity index is 4460. The van der Waals surface area contributed by atoms with Crippen molar-refractivity contribution in [1.29, 1.82) is 0 Å². The number of hydrogen-bond donors (Lipinski definition) is 12. The van der Waals surface area contributed by atoms with Crippen LogP contribution in [0.3, 0.4) is 0 Å². The predicted molar refractivity (Wildman–Crippen MR) is 393 cm³/mol. The highest BCUT2D eigenvalue weighted by Gasteiger charge is 2.40. The van der Waals surface area contributed by atoms with E-state index in [1.807, 2.05) is 14.2 Å². The number of urea groups is 3. The summed E-state index contributed by atoms with van der Waals surface area (Å²) in [6.45, 7) is 25.3. The summed E-state index contributed by atoms with van der Waals surface area (Å²) >= 11 is 0. The molecule has 2 fully saturated rings. The minimum Gasteiger partial charge on any atom is -0.480 e. The third-order valence-corrected chi connectivity index (χ3v) is 26.6. The summed E-state index contributed by atoms with van der Waals surface area (Å²) in [5, 5.41) is 14.4. The van der Waals surface area contributed by atoms with Crippen LogP contribution >= 0.6 is 0 Å². The standard InChI is InChI=1S/C11H16N2O3S.C10H17N3O5S.C8H15N3O6S2.C8H11N3O5S.C8H17N3O4S.C5H11NO4S.C4H11NO2S.B/c1-7(2)17(15,16)13-11(14)10-6-12-9(4)5-8(10)3;1-4-12-5-6-13(9(15)8(12)14)10(16)11-19(17,18)7(2)3;1-6(2)19(16,17)9-7(12)10-4-5-11(8(10)13)18(3,14)15;1-4(2)17(15,16)11-7(12)5-6(8(13)14)10-3-9-5;1-5(2)16(14,15)11-8(13)6(9)4-7(12)10-3;1-4(2)11(9,10)6-3-5(7)8;1-4(2)8(6,7)5-3;/h5-7H,1-4H3,(H,13,14);7H,4-6H2,1-3H3,(H,11,16);6H,4-5H2,1-3H3,(H,9,12);3-4H,1-2H3,(H,9,10)(H,11,12)(H,13,14);5-6H,4,9H2,1-3H3,(H,10,12)(H,11,13);4,6H,3H2,1-2H3,(H,7,8);4-5H,1-3H3;. The summed E-state index contributed by atoms with van der Waals surface area (Å²) in [7, 11) is -26.2. The molecule has 2 aromatic heterocycles. The van der Waals surface area contributed by atoms with Crippen molar-refractivity contribution < 1.29 is 130 Å². The number of nitrogens with one attached hydrogen (secondary N) is 9. The molecular weight excluding hydrogens is 1600 g/mol. The lowest BCUT2D eigenvalue weighted by molar-refractivity contribution is -0.153. The number of carboxylic acid groups (broad SMARTS) is 2. The highest BCUT2D eigenvalue weighted by molar-refractivity contribution is 7.92. The number of aliphatic carboxylic acids is 1.